The largest absolute Gasteiger partial charge is 0.495 e. The summed E-state index contributed by atoms with van der Waals surface area (Å²) in [4.78, 5) is 19.4. The van der Waals surface area contributed by atoms with E-state index in [1.807, 2.05) is 0 Å². The van der Waals surface area contributed by atoms with Crippen LogP contribution >= 0.6 is 0 Å². The van der Waals surface area contributed by atoms with Gasteiger partial charge in [0.05, 0.1) is 13.3 Å². The topological polar surface area (TPSA) is 149 Å². The summed E-state index contributed by atoms with van der Waals surface area (Å²) < 4.78 is 18.3. The summed E-state index contributed by atoms with van der Waals surface area (Å²) in [6, 6.07) is 4.07. The molecule has 0 radical (unpaired) electrons. The van der Waals surface area contributed by atoms with Crippen LogP contribution in [0.2, 0.25) is 0 Å². The molecule has 1 aromatic carbocycles. The Balaban J connectivity index is 2.33. The van der Waals surface area contributed by atoms with Crippen molar-refractivity contribution in [2.24, 2.45) is 11.7 Å². The Labute approximate surface area is 136 Å². The summed E-state index contributed by atoms with van der Waals surface area (Å²) in [5.74, 6) is 10.6. The Kier molecular flexibility index (Phi) is 4.96. The predicted octanol–water partition coefficient (Wildman–Crippen LogP) is 0.556. The number of rotatable bonds is 4. The number of anilines is 4. The monoisotopic (exact) mass is 336 g/mol. The average Bonchev–Trinajstić information content (AvgIpc) is 2.56. The Hall–Kier alpha value is -3.18. The summed E-state index contributed by atoms with van der Waals surface area (Å²) >= 11 is 0. The molecule has 0 fully saturated rings. The number of nitrogens with one attached hydrogen (secondary N) is 1. The van der Waals surface area contributed by atoms with Gasteiger partial charge in [-0.3, -0.25) is 5.01 Å². The maximum atomic E-state index is 13.1. The molecule has 24 heavy (non-hydrogen) atoms. The van der Waals surface area contributed by atoms with E-state index in [0.29, 0.717) is 11.4 Å². The molecule has 128 valence electrons. The number of hydrogen-bond acceptors (Lipinski definition) is 8. The lowest BCUT2D eigenvalue weighted by Gasteiger charge is -2.23. The number of urea groups is 1. The zero-order valence-corrected chi connectivity index (χ0v) is 13.0. The van der Waals surface area contributed by atoms with Gasteiger partial charge in [-0.05, 0) is 18.2 Å². The number of hydrazine groups is 2. The van der Waals surface area contributed by atoms with E-state index >= 15 is 0 Å². The standard InChI is InChI=1S/C13H17FN8O2/c1-21(16)13(23)22(17)9-5-7(3-4-10(9)24-2)19-12-18-6-8(14)11(15)20-12/h3-6H,16-17H2,1-2H3,(H3,15,18,19,20). The molecule has 7 N–H and O–H groups in total. The molecule has 0 saturated carbocycles. The minimum Gasteiger partial charge on any atom is -0.495 e. The third kappa shape index (κ3) is 3.59. The number of carbonyl (C=O) groups is 1. The van der Waals surface area contributed by atoms with Gasteiger partial charge in [-0.1, -0.05) is 0 Å². The minimum absolute atomic E-state index is 0.0795. The summed E-state index contributed by atoms with van der Waals surface area (Å²) in [7, 11) is 2.78. The number of methoxy groups -OCH3 is 1. The van der Waals surface area contributed by atoms with Crippen LogP contribution in [-0.2, 0) is 0 Å². The maximum Gasteiger partial charge on any atom is 0.352 e. The normalized spacial score (nSPS) is 10.2. The molecule has 2 amide bonds. The van der Waals surface area contributed by atoms with Gasteiger partial charge in [-0.2, -0.15) is 4.98 Å². The molecule has 0 spiro atoms. The highest BCUT2D eigenvalue weighted by molar-refractivity contribution is 5.92. The first-order valence-corrected chi connectivity index (χ1v) is 6.63. The van der Waals surface area contributed by atoms with Crippen molar-refractivity contribution in [3.63, 3.8) is 0 Å². The first-order valence-electron chi connectivity index (χ1n) is 6.63. The number of carbonyl (C=O) groups excluding carboxylic acids is 1. The van der Waals surface area contributed by atoms with Crippen LogP contribution in [0.3, 0.4) is 0 Å². The number of ether oxygens (including phenoxy) is 1. The van der Waals surface area contributed by atoms with Crippen molar-refractivity contribution in [1.29, 1.82) is 0 Å². The number of benzene rings is 1. The van der Waals surface area contributed by atoms with E-state index in [-0.39, 0.29) is 17.5 Å². The maximum absolute atomic E-state index is 13.1. The van der Waals surface area contributed by atoms with Crippen LogP contribution in [0.4, 0.5) is 32.3 Å². The van der Waals surface area contributed by atoms with Gasteiger partial charge in [0.1, 0.15) is 11.4 Å². The van der Waals surface area contributed by atoms with Gasteiger partial charge in [0, 0.05) is 12.7 Å². The zero-order chi connectivity index (χ0) is 17.9. The minimum atomic E-state index is -0.722. The molecule has 0 aliphatic carbocycles. The van der Waals surface area contributed by atoms with Crippen molar-refractivity contribution in [1.82, 2.24) is 15.0 Å². The third-order valence-corrected chi connectivity index (χ3v) is 2.97. The number of nitrogens with two attached hydrogens (primary N) is 3. The molecule has 0 unspecified atom stereocenters. The van der Waals surface area contributed by atoms with Crippen molar-refractivity contribution < 1.29 is 13.9 Å². The number of halogens is 1. The number of amides is 2. The van der Waals surface area contributed by atoms with Crippen LogP contribution in [0.1, 0.15) is 0 Å². The fourth-order valence-corrected chi connectivity index (χ4v) is 1.80. The number of aromatic nitrogens is 2. The van der Waals surface area contributed by atoms with Crippen molar-refractivity contribution in [3.8, 4) is 5.75 Å². The lowest BCUT2D eigenvalue weighted by atomic mass is 10.2. The van der Waals surface area contributed by atoms with Crippen LogP contribution < -0.4 is 32.5 Å². The van der Waals surface area contributed by atoms with Gasteiger partial charge < -0.3 is 15.8 Å². The number of hydrogen-bond donors (Lipinski definition) is 4. The quantitative estimate of drug-likeness (QED) is 0.359. The van der Waals surface area contributed by atoms with E-state index in [1.54, 1.807) is 12.1 Å². The average molecular weight is 336 g/mol. The Bertz CT molecular complexity index is 755. The van der Waals surface area contributed by atoms with Gasteiger partial charge in [0.25, 0.3) is 0 Å². The van der Waals surface area contributed by atoms with Crippen molar-refractivity contribution in [3.05, 3.63) is 30.2 Å². The van der Waals surface area contributed by atoms with Gasteiger partial charge in [0.2, 0.25) is 5.95 Å². The first-order chi connectivity index (χ1) is 11.3. The van der Waals surface area contributed by atoms with Gasteiger partial charge in [-0.25, -0.2) is 30.9 Å². The second kappa shape index (κ2) is 6.93. The molecule has 2 aromatic rings. The molecule has 0 aliphatic rings. The smallest absolute Gasteiger partial charge is 0.352 e. The van der Waals surface area contributed by atoms with E-state index in [2.05, 4.69) is 15.3 Å². The Morgan fingerprint density at radius 1 is 1.38 bits per heavy atom. The van der Waals surface area contributed by atoms with E-state index in [9.17, 15) is 9.18 Å². The molecular weight excluding hydrogens is 319 g/mol. The van der Waals surface area contributed by atoms with Gasteiger partial charge in [0.15, 0.2) is 11.6 Å². The predicted molar refractivity (Wildman–Crippen MR) is 86.7 cm³/mol. The van der Waals surface area contributed by atoms with Crippen LogP contribution in [0, 0.1) is 5.82 Å². The van der Waals surface area contributed by atoms with Crippen molar-refractivity contribution in [2.45, 2.75) is 0 Å². The highest BCUT2D eigenvalue weighted by atomic mass is 19.1. The first kappa shape index (κ1) is 17.2. The lowest BCUT2D eigenvalue weighted by Crippen LogP contribution is -2.48. The molecular formula is C13H17FN8O2. The van der Waals surface area contributed by atoms with Gasteiger partial charge >= 0.3 is 6.03 Å². The van der Waals surface area contributed by atoms with Crippen LogP contribution in [0.25, 0.3) is 0 Å². The van der Waals surface area contributed by atoms with E-state index < -0.39 is 11.8 Å². The Morgan fingerprint density at radius 2 is 2.08 bits per heavy atom. The highest BCUT2D eigenvalue weighted by Gasteiger charge is 2.19. The molecule has 0 atom stereocenters. The van der Waals surface area contributed by atoms with Crippen molar-refractivity contribution >= 4 is 29.2 Å². The second-order valence-electron chi connectivity index (χ2n) is 4.70. The molecule has 2 rings (SSSR count). The van der Waals surface area contributed by atoms with Crippen molar-refractivity contribution in [2.75, 3.05) is 30.2 Å². The van der Waals surface area contributed by atoms with Crippen LogP contribution in [0.5, 0.6) is 5.75 Å². The van der Waals surface area contributed by atoms with Gasteiger partial charge in [-0.15, -0.1) is 0 Å². The molecule has 10 nitrogen and oxygen atoms in total. The van der Waals surface area contributed by atoms with E-state index in [1.165, 1.54) is 20.2 Å². The Morgan fingerprint density at radius 3 is 2.67 bits per heavy atom. The highest BCUT2D eigenvalue weighted by Crippen LogP contribution is 2.31. The third-order valence-electron chi connectivity index (χ3n) is 2.97. The van der Waals surface area contributed by atoms with Crippen LogP contribution in [-0.4, -0.2) is 35.2 Å². The SMILES string of the molecule is COc1ccc(Nc2ncc(F)c(N)n2)cc1N(N)C(=O)N(C)N. The molecule has 0 aliphatic heterocycles. The molecule has 0 bridgehead atoms. The van der Waals surface area contributed by atoms with E-state index in [4.69, 9.17) is 22.2 Å². The second-order valence-corrected chi connectivity index (χ2v) is 4.70. The summed E-state index contributed by atoms with van der Waals surface area (Å²) in [6.07, 6.45) is 0.942. The number of nitrogen functional groups attached to an aromatic ring is 1. The zero-order valence-electron chi connectivity index (χ0n) is 13.0. The number of nitrogens with zero attached hydrogens (tertiary/aromatic N) is 4. The molecule has 0 saturated heterocycles. The molecule has 1 aromatic heterocycles. The molecule has 1 heterocycles. The summed E-state index contributed by atoms with van der Waals surface area (Å²) in [5.41, 5.74) is 6.11. The lowest BCUT2D eigenvalue weighted by molar-refractivity contribution is 0.216. The fourth-order valence-electron chi connectivity index (χ4n) is 1.80. The summed E-state index contributed by atoms with van der Waals surface area (Å²) in [6.45, 7) is 0. The van der Waals surface area contributed by atoms with E-state index in [0.717, 1.165) is 16.2 Å². The summed E-state index contributed by atoms with van der Waals surface area (Å²) in [5, 5.41) is 4.47. The fraction of sp³-hybridized carbons (Fsp3) is 0.154. The van der Waals surface area contributed by atoms with Crippen LogP contribution in [0.15, 0.2) is 24.4 Å². The molecule has 11 heteroatoms.